The van der Waals surface area contributed by atoms with Crippen molar-refractivity contribution in [2.24, 2.45) is 11.7 Å². The number of nitrogens with zero attached hydrogens (tertiary/aromatic N) is 1. The lowest BCUT2D eigenvalue weighted by atomic mass is 10.1. The molecule has 0 spiro atoms. The van der Waals surface area contributed by atoms with Gasteiger partial charge in [0.1, 0.15) is 0 Å². The third-order valence-electron chi connectivity index (χ3n) is 2.79. The second-order valence-corrected chi connectivity index (χ2v) is 5.94. The number of hydrogen-bond acceptors (Lipinski definition) is 2. The maximum Gasteiger partial charge on any atom is 0.0425 e. The monoisotopic (exact) mass is 298 g/mol. The van der Waals surface area contributed by atoms with Crippen LogP contribution in [0.1, 0.15) is 33.3 Å². The quantitative estimate of drug-likeness (QED) is 0.896. The van der Waals surface area contributed by atoms with E-state index in [0.717, 1.165) is 11.0 Å². The molecule has 1 aromatic carbocycles. The van der Waals surface area contributed by atoms with Crippen molar-refractivity contribution >= 4 is 21.6 Å². The van der Waals surface area contributed by atoms with Gasteiger partial charge in [-0.1, -0.05) is 35.8 Å². The molecule has 1 aromatic rings. The summed E-state index contributed by atoms with van der Waals surface area (Å²) in [5.41, 5.74) is 8.31. The SMILES string of the molecule is CC(C)CN(c1cccc(Br)c1CN)C(C)C. The Morgan fingerprint density at radius 2 is 1.88 bits per heavy atom. The van der Waals surface area contributed by atoms with Gasteiger partial charge in [-0.3, -0.25) is 0 Å². The molecule has 2 N–H and O–H groups in total. The Morgan fingerprint density at radius 3 is 2.35 bits per heavy atom. The van der Waals surface area contributed by atoms with Crippen LogP contribution in [0.4, 0.5) is 5.69 Å². The number of anilines is 1. The van der Waals surface area contributed by atoms with E-state index in [2.05, 4.69) is 66.7 Å². The molecule has 0 bridgehead atoms. The molecule has 0 saturated heterocycles. The Bertz CT molecular complexity index is 361. The van der Waals surface area contributed by atoms with Crippen LogP contribution in [0.2, 0.25) is 0 Å². The van der Waals surface area contributed by atoms with Gasteiger partial charge in [-0.05, 0) is 31.9 Å². The van der Waals surface area contributed by atoms with E-state index in [-0.39, 0.29) is 0 Å². The smallest absolute Gasteiger partial charge is 0.0425 e. The second-order valence-electron chi connectivity index (χ2n) is 5.08. The Labute approximate surface area is 113 Å². The van der Waals surface area contributed by atoms with Gasteiger partial charge >= 0.3 is 0 Å². The first-order chi connectivity index (χ1) is 7.97. The third kappa shape index (κ3) is 3.71. The van der Waals surface area contributed by atoms with Crippen LogP contribution in [-0.4, -0.2) is 12.6 Å². The molecule has 0 unspecified atom stereocenters. The summed E-state index contributed by atoms with van der Waals surface area (Å²) in [6.45, 7) is 10.6. The summed E-state index contributed by atoms with van der Waals surface area (Å²) in [4.78, 5) is 2.43. The van der Waals surface area contributed by atoms with Gasteiger partial charge in [-0.15, -0.1) is 0 Å². The highest BCUT2D eigenvalue weighted by Gasteiger charge is 2.16. The van der Waals surface area contributed by atoms with Gasteiger partial charge in [0, 0.05) is 34.9 Å². The molecule has 0 aliphatic heterocycles. The topological polar surface area (TPSA) is 29.3 Å². The van der Waals surface area contributed by atoms with Gasteiger partial charge in [0.2, 0.25) is 0 Å². The fourth-order valence-corrected chi connectivity index (χ4v) is 2.52. The summed E-state index contributed by atoms with van der Waals surface area (Å²) in [6.07, 6.45) is 0. The van der Waals surface area contributed by atoms with Crippen molar-refractivity contribution in [2.45, 2.75) is 40.3 Å². The lowest BCUT2D eigenvalue weighted by molar-refractivity contribution is 0.569. The lowest BCUT2D eigenvalue weighted by Crippen LogP contribution is -2.35. The van der Waals surface area contributed by atoms with E-state index in [4.69, 9.17) is 5.73 Å². The predicted molar refractivity (Wildman–Crippen MR) is 79.4 cm³/mol. The maximum absolute atomic E-state index is 5.86. The number of rotatable bonds is 5. The first-order valence-electron chi connectivity index (χ1n) is 6.21. The van der Waals surface area contributed by atoms with E-state index in [0.29, 0.717) is 18.5 Å². The van der Waals surface area contributed by atoms with Crippen LogP contribution in [0, 0.1) is 5.92 Å². The van der Waals surface area contributed by atoms with Crippen molar-refractivity contribution in [3.63, 3.8) is 0 Å². The first-order valence-corrected chi connectivity index (χ1v) is 7.00. The van der Waals surface area contributed by atoms with Crippen molar-refractivity contribution < 1.29 is 0 Å². The largest absolute Gasteiger partial charge is 0.369 e. The summed E-state index contributed by atoms with van der Waals surface area (Å²) in [7, 11) is 0. The van der Waals surface area contributed by atoms with Gasteiger partial charge in [-0.2, -0.15) is 0 Å². The normalized spacial score (nSPS) is 11.3. The minimum atomic E-state index is 0.483. The van der Waals surface area contributed by atoms with Gasteiger partial charge in [0.15, 0.2) is 0 Å². The molecule has 0 radical (unpaired) electrons. The lowest BCUT2D eigenvalue weighted by Gasteiger charge is -2.32. The molecule has 0 fully saturated rings. The molecule has 17 heavy (non-hydrogen) atoms. The van der Waals surface area contributed by atoms with Crippen LogP contribution in [0.3, 0.4) is 0 Å². The Balaban J connectivity index is 3.13. The molecule has 3 heteroatoms. The standard InChI is InChI=1S/C14H23BrN2/c1-10(2)9-17(11(3)4)14-7-5-6-13(15)12(14)8-16/h5-7,10-11H,8-9,16H2,1-4H3. The molecule has 2 nitrogen and oxygen atoms in total. The van der Waals surface area contributed by atoms with E-state index >= 15 is 0 Å². The first kappa shape index (κ1) is 14.5. The fourth-order valence-electron chi connectivity index (χ4n) is 2.00. The van der Waals surface area contributed by atoms with Crippen LogP contribution in [-0.2, 0) is 6.54 Å². The summed E-state index contributed by atoms with van der Waals surface area (Å²) in [5, 5.41) is 0. The van der Waals surface area contributed by atoms with Crippen LogP contribution in [0.25, 0.3) is 0 Å². The van der Waals surface area contributed by atoms with Crippen molar-refractivity contribution in [1.82, 2.24) is 0 Å². The third-order valence-corrected chi connectivity index (χ3v) is 3.54. The molecule has 0 aromatic heterocycles. The average molecular weight is 299 g/mol. The van der Waals surface area contributed by atoms with Crippen LogP contribution in [0.5, 0.6) is 0 Å². The van der Waals surface area contributed by atoms with E-state index < -0.39 is 0 Å². The zero-order valence-electron chi connectivity index (χ0n) is 11.2. The second kappa shape index (κ2) is 6.41. The highest BCUT2D eigenvalue weighted by Crippen LogP contribution is 2.29. The number of benzene rings is 1. The van der Waals surface area contributed by atoms with Gasteiger partial charge in [-0.25, -0.2) is 0 Å². The number of hydrogen-bond donors (Lipinski definition) is 1. The number of halogens is 1. The average Bonchev–Trinajstić information content (AvgIpc) is 2.25. The zero-order valence-corrected chi connectivity index (χ0v) is 12.8. The fraction of sp³-hybridized carbons (Fsp3) is 0.571. The van der Waals surface area contributed by atoms with E-state index in [1.54, 1.807) is 0 Å². The summed E-state index contributed by atoms with van der Waals surface area (Å²) in [5.74, 6) is 0.641. The molecule has 96 valence electrons. The summed E-state index contributed by atoms with van der Waals surface area (Å²) in [6, 6.07) is 6.78. The van der Waals surface area contributed by atoms with Gasteiger partial charge < -0.3 is 10.6 Å². The molecule has 0 saturated carbocycles. The minimum Gasteiger partial charge on any atom is -0.369 e. The molecule has 1 rings (SSSR count). The summed E-state index contributed by atoms with van der Waals surface area (Å²) >= 11 is 3.58. The van der Waals surface area contributed by atoms with Crippen molar-refractivity contribution in [3.05, 3.63) is 28.2 Å². The molecule has 0 aliphatic rings. The van der Waals surface area contributed by atoms with E-state index in [9.17, 15) is 0 Å². The Kier molecular flexibility index (Phi) is 5.47. The predicted octanol–water partition coefficient (Wildman–Crippen LogP) is 3.78. The number of nitrogens with two attached hydrogens (primary N) is 1. The minimum absolute atomic E-state index is 0.483. The highest BCUT2D eigenvalue weighted by molar-refractivity contribution is 9.10. The Morgan fingerprint density at radius 1 is 1.24 bits per heavy atom. The van der Waals surface area contributed by atoms with E-state index in [1.807, 2.05) is 0 Å². The zero-order chi connectivity index (χ0) is 13.0. The molecular formula is C14H23BrN2. The molecule has 0 amide bonds. The molecule has 0 atom stereocenters. The van der Waals surface area contributed by atoms with Crippen LogP contribution >= 0.6 is 15.9 Å². The van der Waals surface area contributed by atoms with Crippen molar-refractivity contribution in [1.29, 1.82) is 0 Å². The van der Waals surface area contributed by atoms with Crippen molar-refractivity contribution in [3.8, 4) is 0 Å². The highest BCUT2D eigenvalue weighted by atomic mass is 79.9. The Hall–Kier alpha value is -0.540. The maximum atomic E-state index is 5.86. The summed E-state index contributed by atoms with van der Waals surface area (Å²) < 4.78 is 1.10. The van der Waals surface area contributed by atoms with Crippen molar-refractivity contribution in [2.75, 3.05) is 11.4 Å². The molecule has 0 aliphatic carbocycles. The van der Waals surface area contributed by atoms with Crippen LogP contribution in [0.15, 0.2) is 22.7 Å². The van der Waals surface area contributed by atoms with Gasteiger partial charge in [0.25, 0.3) is 0 Å². The van der Waals surface area contributed by atoms with Gasteiger partial charge in [0.05, 0.1) is 0 Å². The molecular weight excluding hydrogens is 276 g/mol. The van der Waals surface area contributed by atoms with E-state index in [1.165, 1.54) is 11.3 Å². The van der Waals surface area contributed by atoms with Crippen LogP contribution < -0.4 is 10.6 Å². The molecule has 0 heterocycles.